The van der Waals surface area contributed by atoms with Crippen LogP contribution in [-0.2, 0) is 0 Å². The van der Waals surface area contributed by atoms with Crippen LogP contribution in [0.1, 0.15) is 45.4 Å². The summed E-state index contributed by atoms with van der Waals surface area (Å²) in [6.07, 6.45) is 12.2. The van der Waals surface area contributed by atoms with Crippen LogP contribution in [0.5, 0.6) is 0 Å². The number of aliphatic hydroxyl groups is 2. The largest absolute Gasteiger partial charge is 0.508 e. The summed E-state index contributed by atoms with van der Waals surface area (Å²) >= 11 is 0. The van der Waals surface area contributed by atoms with Crippen molar-refractivity contribution in [2.24, 2.45) is 34.8 Å². The fraction of sp³-hybridized carbons (Fsp3) is 0.778. The van der Waals surface area contributed by atoms with Crippen molar-refractivity contribution >= 4 is 0 Å². The summed E-state index contributed by atoms with van der Waals surface area (Å²) in [5.41, 5.74) is 6.90. The van der Waals surface area contributed by atoms with Gasteiger partial charge in [-0.05, 0) is 79.8 Å². The van der Waals surface area contributed by atoms with E-state index in [0.29, 0.717) is 29.4 Å². The Morgan fingerprint density at radius 3 is 2.81 bits per heavy atom. The third-order valence-electron chi connectivity index (χ3n) is 7.36. The highest BCUT2D eigenvalue weighted by atomic mass is 16.3. The Morgan fingerprint density at radius 1 is 1.19 bits per heavy atom. The molecule has 0 saturated heterocycles. The molecule has 7 atom stereocenters. The zero-order chi connectivity index (χ0) is 14.8. The summed E-state index contributed by atoms with van der Waals surface area (Å²) in [5, 5.41) is 20.2. The fourth-order valence-corrected chi connectivity index (χ4v) is 6.21. The average molecular weight is 289 g/mol. The normalized spacial score (nSPS) is 55.4. The van der Waals surface area contributed by atoms with Crippen LogP contribution in [0.4, 0.5) is 0 Å². The van der Waals surface area contributed by atoms with Crippen LogP contribution in [0.2, 0.25) is 0 Å². The highest BCUT2D eigenvalue weighted by Crippen LogP contribution is 2.62. The van der Waals surface area contributed by atoms with E-state index in [-0.39, 0.29) is 17.1 Å². The van der Waals surface area contributed by atoms with Gasteiger partial charge in [-0.1, -0.05) is 13.0 Å². The van der Waals surface area contributed by atoms with Gasteiger partial charge in [-0.3, -0.25) is 0 Å². The number of aliphatic hydroxyl groups excluding tert-OH is 2. The second-order valence-corrected chi connectivity index (χ2v) is 8.14. The Labute approximate surface area is 126 Å². The third kappa shape index (κ3) is 1.74. The van der Waals surface area contributed by atoms with E-state index < -0.39 is 0 Å². The molecule has 4 N–H and O–H groups in total. The molecule has 0 aromatic rings. The maximum atomic E-state index is 10.4. The number of fused-ring (bicyclic) bond motifs is 5. The zero-order valence-corrected chi connectivity index (χ0v) is 12.8. The quantitative estimate of drug-likeness (QED) is 0.642. The molecular formula is C18H27NO2. The molecule has 0 amide bonds. The molecule has 116 valence electrons. The third-order valence-corrected chi connectivity index (χ3v) is 7.36. The molecule has 0 heterocycles. The van der Waals surface area contributed by atoms with E-state index in [1.807, 2.05) is 12.2 Å². The van der Waals surface area contributed by atoms with Gasteiger partial charge in [0.1, 0.15) is 5.76 Å². The molecule has 3 heteroatoms. The van der Waals surface area contributed by atoms with Crippen LogP contribution in [-0.4, -0.2) is 21.9 Å². The molecule has 0 spiro atoms. The van der Waals surface area contributed by atoms with Gasteiger partial charge in [0.15, 0.2) is 0 Å². The summed E-state index contributed by atoms with van der Waals surface area (Å²) in [7, 11) is 0. The topological polar surface area (TPSA) is 66.5 Å². The van der Waals surface area contributed by atoms with Crippen LogP contribution in [0.3, 0.4) is 0 Å². The van der Waals surface area contributed by atoms with Gasteiger partial charge >= 0.3 is 0 Å². The molecule has 0 radical (unpaired) electrons. The first-order valence-corrected chi connectivity index (χ1v) is 8.51. The molecule has 3 unspecified atom stereocenters. The van der Waals surface area contributed by atoms with E-state index in [4.69, 9.17) is 5.73 Å². The van der Waals surface area contributed by atoms with Gasteiger partial charge in [-0.2, -0.15) is 0 Å². The lowest BCUT2D eigenvalue weighted by Gasteiger charge is -2.59. The summed E-state index contributed by atoms with van der Waals surface area (Å²) in [5.74, 6) is 2.29. The fourth-order valence-electron chi connectivity index (χ4n) is 6.21. The van der Waals surface area contributed by atoms with Gasteiger partial charge in [-0.25, -0.2) is 0 Å². The molecule has 0 bridgehead atoms. The van der Waals surface area contributed by atoms with E-state index >= 15 is 0 Å². The van der Waals surface area contributed by atoms with Crippen LogP contribution in [0, 0.1) is 29.1 Å². The highest BCUT2D eigenvalue weighted by Gasteiger charge is 2.61. The van der Waals surface area contributed by atoms with Crippen molar-refractivity contribution in [1.82, 2.24) is 0 Å². The van der Waals surface area contributed by atoms with Gasteiger partial charge in [0.2, 0.25) is 0 Å². The van der Waals surface area contributed by atoms with Gasteiger partial charge in [0.05, 0.1) is 6.10 Å². The Kier molecular flexibility index (Phi) is 2.87. The molecule has 3 fully saturated rings. The molecule has 3 saturated carbocycles. The van der Waals surface area contributed by atoms with E-state index in [1.54, 1.807) is 0 Å². The molecule has 4 aliphatic rings. The standard InChI is InChI=1S/C18H27NO2/c1-17-8-7-14-13-3-2-12(20)10-11(13)6-9-18(14,19)15(17)4-5-16(17)21/h2-3,10-11,13-16,20-21H,4-9,19H2,1H3/t11?,13?,14-,15-,16?,17+,18+/m1/s1. The molecule has 3 nitrogen and oxygen atoms in total. The predicted molar refractivity (Wildman–Crippen MR) is 82.5 cm³/mol. The van der Waals surface area contributed by atoms with Crippen molar-refractivity contribution in [1.29, 1.82) is 0 Å². The Balaban J connectivity index is 1.69. The number of hydrogen-bond acceptors (Lipinski definition) is 3. The van der Waals surface area contributed by atoms with Crippen molar-refractivity contribution in [3.05, 3.63) is 24.0 Å². The van der Waals surface area contributed by atoms with Crippen LogP contribution in [0.25, 0.3) is 0 Å². The van der Waals surface area contributed by atoms with Crippen molar-refractivity contribution in [2.45, 2.75) is 57.1 Å². The number of rotatable bonds is 0. The lowest BCUT2D eigenvalue weighted by Crippen LogP contribution is -2.65. The minimum Gasteiger partial charge on any atom is -0.508 e. The molecule has 0 aromatic carbocycles. The molecular weight excluding hydrogens is 262 g/mol. The van der Waals surface area contributed by atoms with E-state index in [0.717, 1.165) is 38.5 Å². The molecule has 4 rings (SSSR count). The van der Waals surface area contributed by atoms with Gasteiger partial charge in [0, 0.05) is 5.54 Å². The van der Waals surface area contributed by atoms with Crippen LogP contribution in [0.15, 0.2) is 24.0 Å². The number of allylic oxidation sites excluding steroid dienone is 3. The molecule has 4 aliphatic carbocycles. The van der Waals surface area contributed by atoms with E-state index in [9.17, 15) is 10.2 Å². The second kappa shape index (κ2) is 4.36. The Bertz CT molecular complexity index is 513. The summed E-state index contributed by atoms with van der Waals surface area (Å²) in [6.45, 7) is 2.26. The predicted octanol–water partition coefficient (Wildman–Crippen LogP) is 2.91. The summed E-state index contributed by atoms with van der Waals surface area (Å²) in [6, 6.07) is 0. The Morgan fingerprint density at radius 2 is 2.00 bits per heavy atom. The first kappa shape index (κ1) is 13.8. The minimum atomic E-state index is -0.174. The number of hydrogen-bond donors (Lipinski definition) is 3. The van der Waals surface area contributed by atoms with Crippen molar-refractivity contribution in [3.63, 3.8) is 0 Å². The molecule has 21 heavy (non-hydrogen) atoms. The number of nitrogens with two attached hydrogens (primary N) is 1. The van der Waals surface area contributed by atoms with Gasteiger partial charge < -0.3 is 15.9 Å². The van der Waals surface area contributed by atoms with Crippen molar-refractivity contribution in [2.75, 3.05) is 0 Å². The second-order valence-electron chi connectivity index (χ2n) is 8.14. The molecule has 0 aromatic heterocycles. The highest BCUT2D eigenvalue weighted by molar-refractivity contribution is 5.26. The van der Waals surface area contributed by atoms with E-state index in [2.05, 4.69) is 13.0 Å². The smallest absolute Gasteiger partial charge is 0.111 e. The zero-order valence-electron chi connectivity index (χ0n) is 12.8. The Hall–Kier alpha value is -0.800. The molecule has 0 aliphatic heterocycles. The van der Waals surface area contributed by atoms with E-state index in [1.165, 1.54) is 0 Å². The first-order chi connectivity index (χ1) is 9.95. The van der Waals surface area contributed by atoms with Crippen molar-refractivity contribution < 1.29 is 10.2 Å². The minimum absolute atomic E-state index is 0.0223. The van der Waals surface area contributed by atoms with Crippen LogP contribution >= 0.6 is 0 Å². The SMILES string of the molecule is C[C@]12CC[C@@H]3C4C=CC(O)=CC4CC[C@@]3(N)[C@@H]1CCC2O. The summed E-state index contributed by atoms with van der Waals surface area (Å²) < 4.78 is 0. The summed E-state index contributed by atoms with van der Waals surface area (Å²) in [4.78, 5) is 0. The first-order valence-electron chi connectivity index (χ1n) is 8.51. The van der Waals surface area contributed by atoms with Crippen LogP contribution < -0.4 is 5.73 Å². The van der Waals surface area contributed by atoms with Gasteiger partial charge in [-0.15, -0.1) is 0 Å². The average Bonchev–Trinajstić information content (AvgIpc) is 2.75. The maximum absolute atomic E-state index is 10.4. The lowest BCUT2D eigenvalue weighted by atomic mass is 9.48. The lowest BCUT2D eigenvalue weighted by molar-refractivity contribution is -0.0772. The monoisotopic (exact) mass is 289 g/mol. The van der Waals surface area contributed by atoms with Gasteiger partial charge in [0.25, 0.3) is 0 Å². The maximum Gasteiger partial charge on any atom is 0.111 e. The van der Waals surface area contributed by atoms with Crippen molar-refractivity contribution in [3.8, 4) is 0 Å².